The van der Waals surface area contributed by atoms with Crippen molar-refractivity contribution in [3.63, 3.8) is 0 Å². The lowest BCUT2D eigenvalue weighted by Crippen LogP contribution is -2.45. The van der Waals surface area contributed by atoms with Crippen molar-refractivity contribution in [2.75, 3.05) is 0 Å². The summed E-state index contributed by atoms with van der Waals surface area (Å²) >= 11 is 1.76. The van der Waals surface area contributed by atoms with E-state index in [1.165, 1.54) is 13.8 Å². The van der Waals surface area contributed by atoms with Crippen molar-refractivity contribution in [2.24, 2.45) is 0 Å². The Morgan fingerprint density at radius 1 is 1.45 bits per heavy atom. The first-order chi connectivity index (χ1) is 4.63. The van der Waals surface area contributed by atoms with Gasteiger partial charge in [-0.15, -0.1) is 0 Å². The first-order valence-corrected chi connectivity index (χ1v) is 5.55. The number of carbonyl (C=O) groups excluding carboxylic acids is 1. The zero-order valence-corrected chi connectivity index (χ0v) is 9.19. The highest BCUT2D eigenvalue weighted by Gasteiger charge is 2.40. The van der Waals surface area contributed by atoms with E-state index in [-0.39, 0.29) is 0 Å². The zero-order chi connectivity index (χ0) is 9.28. The van der Waals surface area contributed by atoms with Crippen molar-refractivity contribution in [1.82, 2.24) is 0 Å². The van der Waals surface area contributed by atoms with Crippen LogP contribution in [0.25, 0.3) is 0 Å². The Kier molecular flexibility index (Phi) is 3.44. The Morgan fingerprint density at radius 3 is 1.91 bits per heavy atom. The molecule has 0 bridgehead atoms. The van der Waals surface area contributed by atoms with Crippen LogP contribution in [0.15, 0.2) is 0 Å². The normalized spacial score (nSPS) is 12.9. The quantitative estimate of drug-likeness (QED) is 0.351. The SMILES string of the molecule is CC(C)(I)C(=O)O[Si](O)(O)O. The van der Waals surface area contributed by atoms with Gasteiger partial charge in [0.1, 0.15) is 3.42 Å². The molecule has 7 heteroatoms. The molecule has 0 aliphatic carbocycles. The maximum Gasteiger partial charge on any atom is 0.743 e. The zero-order valence-electron chi connectivity index (χ0n) is 6.04. The Hall–Kier alpha value is 0.297. The fourth-order valence-electron chi connectivity index (χ4n) is 0.246. The summed E-state index contributed by atoms with van der Waals surface area (Å²) in [5, 5.41) is 0. The highest BCUT2D eigenvalue weighted by atomic mass is 127. The second-order valence-electron chi connectivity index (χ2n) is 2.44. The van der Waals surface area contributed by atoms with Gasteiger partial charge in [-0.2, -0.15) is 0 Å². The molecule has 0 saturated heterocycles. The van der Waals surface area contributed by atoms with Crippen molar-refractivity contribution in [1.29, 1.82) is 0 Å². The molecule has 0 aliphatic rings. The number of carbonyl (C=O) groups is 1. The molecule has 0 heterocycles. The molecule has 3 N–H and O–H groups in total. The van der Waals surface area contributed by atoms with Crippen LogP contribution in [0.3, 0.4) is 0 Å². The minimum absolute atomic E-state index is 0.850. The number of rotatable bonds is 2. The minimum atomic E-state index is -4.68. The van der Waals surface area contributed by atoms with Crippen molar-refractivity contribution >= 4 is 37.6 Å². The molecule has 11 heavy (non-hydrogen) atoms. The summed E-state index contributed by atoms with van der Waals surface area (Å²) < 4.78 is 3.09. The molecule has 0 radical (unpaired) electrons. The number of hydrogen-bond acceptors (Lipinski definition) is 5. The summed E-state index contributed by atoms with van der Waals surface area (Å²) in [6.07, 6.45) is 0. The van der Waals surface area contributed by atoms with E-state index in [9.17, 15) is 4.79 Å². The number of halogens is 1. The van der Waals surface area contributed by atoms with Gasteiger partial charge in [-0.05, 0) is 13.8 Å². The maximum atomic E-state index is 10.8. The Balaban J connectivity index is 4.11. The van der Waals surface area contributed by atoms with Gasteiger partial charge in [0.25, 0.3) is 0 Å². The molecule has 5 nitrogen and oxygen atoms in total. The van der Waals surface area contributed by atoms with Crippen LogP contribution in [0, 0.1) is 0 Å². The van der Waals surface area contributed by atoms with Crippen LogP contribution >= 0.6 is 22.6 Å². The molecular formula is C4H9IO5Si. The Morgan fingerprint density at radius 2 is 1.82 bits per heavy atom. The molecule has 0 amide bonds. The van der Waals surface area contributed by atoms with Crippen LogP contribution in [-0.2, 0) is 9.22 Å². The van der Waals surface area contributed by atoms with Gasteiger partial charge in [0.15, 0.2) is 0 Å². The third kappa shape index (κ3) is 5.55. The van der Waals surface area contributed by atoms with E-state index in [0.29, 0.717) is 0 Å². The molecule has 0 fully saturated rings. The van der Waals surface area contributed by atoms with Gasteiger partial charge in [0, 0.05) is 0 Å². The molecule has 0 aromatic rings. The largest absolute Gasteiger partial charge is 0.743 e. The highest BCUT2D eigenvalue weighted by Crippen LogP contribution is 2.19. The van der Waals surface area contributed by atoms with Gasteiger partial charge >= 0.3 is 15.0 Å². The van der Waals surface area contributed by atoms with Gasteiger partial charge < -0.3 is 18.8 Å². The number of hydrogen-bond donors (Lipinski definition) is 3. The number of alkyl halides is 1. The van der Waals surface area contributed by atoms with E-state index in [4.69, 9.17) is 14.4 Å². The Labute approximate surface area is 78.6 Å². The second kappa shape index (κ2) is 3.35. The summed E-state index contributed by atoms with van der Waals surface area (Å²) in [6.45, 7) is 3.05. The average Bonchev–Trinajstić information content (AvgIpc) is 1.56. The maximum absolute atomic E-state index is 10.8. The van der Waals surface area contributed by atoms with E-state index in [0.717, 1.165) is 0 Å². The second-order valence-corrected chi connectivity index (χ2v) is 6.48. The van der Waals surface area contributed by atoms with E-state index in [1.807, 2.05) is 0 Å². The van der Waals surface area contributed by atoms with Crippen LogP contribution in [-0.4, -0.2) is 32.8 Å². The molecule has 0 unspecified atom stereocenters. The summed E-state index contributed by atoms with van der Waals surface area (Å²) in [4.78, 5) is 35.9. The van der Waals surface area contributed by atoms with Crippen molar-refractivity contribution in [3.05, 3.63) is 0 Å². The third-order valence-corrected chi connectivity index (χ3v) is 1.61. The first kappa shape index (κ1) is 11.3. The predicted octanol–water partition coefficient (Wildman–Crippen LogP) is -0.844. The molecule has 0 spiro atoms. The Bertz CT molecular complexity index is 157. The van der Waals surface area contributed by atoms with Gasteiger partial charge in [-0.3, -0.25) is 4.79 Å². The standard InChI is InChI=1S/C4H9IO5Si/c1-4(2,5)3(6)10-11(7,8)9/h7-9H,1-2H3. The molecule has 0 aliphatic heterocycles. The topological polar surface area (TPSA) is 87.0 Å². The molecule has 0 atom stereocenters. The van der Waals surface area contributed by atoms with Crippen LogP contribution in [0.1, 0.15) is 13.8 Å². The average molecular weight is 292 g/mol. The van der Waals surface area contributed by atoms with Crippen molar-refractivity contribution < 1.29 is 23.6 Å². The van der Waals surface area contributed by atoms with E-state index in [2.05, 4.69) is 4.43 Å². The van der Waals surface area contributed by atoms with Gasteiger partial charge in [0.05, 0.1) is 0 Å². The van der Waals surface area contributed by atoms with E-state index < -0.39 is 18.4 Å². The van der Waals surface area contributed by atoms with Gasteiger partial charge in [0.2, 0.25) is 0 Å². The van der Waals surface area contributed by atoms with Crippen LogP contribution in [0.2, 0.25) is 0 Å². The van der Waals surface area contributed by atoms with Crippen LogP contribution in [0.4, 0.5) is 0 Å². The van der Waals surface area contributed by atoms with Gasteiger partial charge in [-0.1, -0.05) is 22.6 Å². The van der Waals surface area contributed by atoms with Crippen molar-refractivity contribution in [3.8, 4) is 0 Å². The molecule has 0 saturated carbocycles. The van der Waals surface area contributed by atoms with E-state index >= 15 is 0 Å². The summed E-state index contributed by atoms with van der Waals surface area (Å²) in [6, 6.07) is 0. The summed E-state index contributed by atoms with van der Waals surface area (Å²) in [5.74, 6) is -0.850. The van der Waals surface area contributed by atoms with Gasteiger partial charge in [-0.25, -0.2) is 0 Å². The monoisotopic (exact) mass is 292 g/mol. The molecule has 0 rings (SSSR count). The van der Waals surface area contributed by atoms with E-state index in [1.54, 1.807) is 22.6 Å². The van der Waals surface area contributed by atoms with Crippen LogP contribution in [0.5, 0.6) is 0 Å². The summed E-state index contributed by atoms with van der Waals surface area (Å²) in [7, 11) is -4.68. The first-order valence-electron chi connectivity index (χ1n) is 2.72. The summed E-state index contributed by atoms with van der Waals surface area (Å²) in [5.41, 5.74) is 0. The molecular weight excluding hydrogens is 283 g/mol. The predicted molar refractivity (Wildman–Crippen MR) is 46.6 cm³/mol. The fraction of sp³-hybridized carbons (Fsp3) is 0.750. The smallest absolute Gasteiger partial charge is 0.451 e. The third-order valence-electron chi connectivity index (χ3n) is 0.715. The fourth-order valence-corrected chi connectivity index (χ4v) is 1.07. The van der Waals surface area contributed by atoms with Crippen LogP contribution < -0.4 is 0 Å². The lowest BCUT2D eigenvalue weighted by Gasteiger charge is -2.17. The molecule has 0 aromatic carbocycles. The van der Waals surface area contributed by atoms with Crippen molar-refractivity contribution in [2.45, 2.75) is 17.3 Å². The lowest BCUT2D eigenvalue weighted by atomic mass is 10.2. The molecule has 66 valence electrons. The molecule has 0 aromatic heterocycles. The minimum Gasteiger partial charge on any atom is -0.451 e. The highest BCUT2D eigenvalue weighted by molar-refractivity contribution is 14.1. The lowest BCUT2D eigenvalue weighted by molar-refractivity contribution is -0.142.